The Morgan fingerprint density at radius 1 is 1.47 bits per heavy atom. The van der Waals surface area contributed by atoms with Crippen LogP contribution in [0.15, 0.2) is 0 Å². The Hall–Kier alpha value is -0.780. The molecule has 100 valence electrons. The zero-order valence-corrected chi connectivity index (χ0v) is 9.96. The molecule has 0 radical (unpaired) electrons. The van der Waals surface area contributed by atoms with Crippen molar-refractivity contribution in [3.63, 3.8) is 0 Å². The molecule has 0 saturated carbocycles. The van der Waals surface area contributed by atoms with Gasteiger partial charge in [-0.05, 0) is 18.8 Å². The van der Waals surface area contributed by atoms with Crippen LogP contribution in [0.3, 0.4) is 0 Å². The summed E-state index contributed by atoms with van der Waals surface area (Å²) in [5.41, 5.74) is 5.16. The van der Waals surface area contributed by atoms with Gasteiger partial charge in [-0.1, -0.05) is 13.3 Å². The lowest BCUT2D eigenvalue weighted by atomic mass is 9.98. The highest BCUT2D eigenvalue weighted by Gasteiger charge is 2.44. The van der Waals surface area contributed by atoms with E-state index in [0.717, 1.165) is 11.3 Å². The summed E-state index contributed by atoms with van der Waals surface area (Å²) >= 11 is 0. The smallest absolute Gasteiger partial charge is 0.329 e. The third-order valence-corrected chi connectivity index (χ3v) is 3.42. The fourth-order valence-electron chi connectivity index (χ4n) is 2.24. The molecule has 2 atom stereocenters. The molecule has 1 aliphatic heterocycles. The van der Waals surface area contributed by atoms with Crippen LogP contribution in [-0.4, -0.2) is 36.1 Å². The first kappa shape index (κ1) is 14.3. The molecule has 1 rings (SSSR count). The van der Waals surface area contributed by atoms with E-state index in [4.69, 9.17) is 5.73 Å². The van der Waals surface area contributed by atoms with Crippen LogP contribution in [0.5, 0.6) is 0 Å². The summed E-state index contributed by atoms with van der Waals surface area (Å²) in [7, 11) is 0. The van der Waals surface area contributed by atoms with Gasteiger partial charge in [0.25, 0.3) is 0 Å². The molecule has 1 heterocycles. The van der Waals surface area contributed by atoms with E-state index in [2.05, 4.69) is 0 Å². The largest absolute Gasteiger partial charge is 0.410 e. The fourth-order valence-corrected chi connectivity index (χ4v) is 2.24. The van der Waals surface area contributed by atoms with Crippen molar-refractivity contribution in [3.8, 4) is 0 Å². The van der Waals surface area contributed by atoms with Crippen molar-refractivity contribution in [2.45, 2.75) is 44.8 Å². The quantitative estimate of drug-likeness (QED) is 0.834. The summed E-state index contributed by atoms with van der Waals surface area (Å²) in [5, 5.41) is 0. The van der Waals surface area contributed by atoms with Crippen molar-refractivity contribution in [1.29, 1.82) is 0 Å². The predicted molar refractivity (Wildman–Crippen MR) is 58.2 cm³/mol. The SMILES string of the molecule is CCC1CCC(=O)N(C(CN)C(F)(F)F)CC1. The summed E-state index contributed by atoms with van der Waals surface area (Å²) < 4.78 is 38.1. The number of carbonyl (C=O) groups is 1. The van der Waals surface area contributed by atoms with Crippen molar-refractivity contribution >= 4 is 5.91 Å². The second-order valence-corrected chi connectivity index (χ2v) is 4.48. The molecule has 0 aromatic heterocycles. The number of nitrogens with zero attached hydrogens (tertiary/aromatic N) is 1. The number of hydrogen-bond acceptors (Lipinski definition) is 2. The van der Waals surface area contributed by atoms with Crippen LogP contribution in [0.1, 0.15) is 32.6 Å². The Bertz CT molecular complexity index is 268. The molecule has 2 unspecified atom stereocenters. The van der Waals surface area contributed by atoms with Gasteiger partial charge in [-0.25, -0.2) is 0 Å². The molecule has 0 spiro atoms. The van der Waals surface area contributed by atoms with Crippen LogP contribution in [0.25, 0.3) is 0 Å². The zero-order chi connectivity index (χ0) is 13.1. The highest BCUT2D eigenvalue weighted by molar-refractivity contribution is 5.77. The van der Waals surface area contributed by atoms with Gasteiger partial charge in [0.05, 0.1) is 0 Å². The molecule has 17 heavy (non-hydrogen) atoms. The first-order chi connectivity index (χ1) is 7.90. The Kier molecular flexibility index (Phi) is 4.80. The Morgan fingerprint density at radius 2 is 2.12 bits per heavy atom. The highest BCUT2D eigenvalue weighted by atomic mass is 19.4. The molecule has 1 aliphatic rings. The summed E-state index contributed by atoms with van der Waals surface area (Å²) in [6.45, 7) is 1.60. The minimum Gasteiger partial charge on any atom is -0.329 e. The summed E-state index contributed by atoms with van der Waals surface area (Å²) in [6, 6.07) is -1.83. The Morgan fingerprint density at radius 3 is 2.59 bits per heavy atom. The average molecular weight is 252 g/mol. The standard InChI is InChI=1S/C11H19F3N2O/c1-2-8-3-4-10(17)16(6-5-8)9(7-15)11(12,13)14/h8-9H,2-7,15H2,1H3. The van der Waals surface area contributed by atoms with Gasteiger partial charge in [-0.3, -0.25) is 4.79 Å². The predicted octanol–water partition coefficient (Wildman–Crippen LogP) is 1.91. The lowest BCUT2D eigenvalue weighted by Gasteiger charge is -2.31. The monoisotopic (exact) mass is 252 g/mol. The van der Waals surface area contributed by atoms with Crippen molar-refractivity contribution in [2.24, 2.45) is 11.7 Å². The number of halogens is 3. The third-order valence-electron chi connectivity index (χ3n) is 3.42. The molecule has 6 heteroatoms. The van der Waals surface area contributed by atoms with Gasteiger partial charge in [0.15, 0.2) is 0 Å². The maximum atomic E-state index is 12.7. The zero-order valence-electron chi connectivity index (χ0n) is 9.96. The fraction of sp³-hybridized carbons (Fsp3) is 0.909. The van der Waals surface area contributed by atoms with Crippen molar-refractivity contribution in [1.82, 2.24) is 4.90 Å². The second kappa shape index (κ2) is 5.71. The van der Waals surface area contributed by atoms with E-state index >= 15 is 0 Å². The van der Waals surface area contributed by atoms with E-state index in [1.807, 2.05) is 6.92 Å². The van der Waals surface area contributed by atoms with Crippen molar-refractivity contribution in [2.75, 3.05) is 13.1 Å². The minimum atomic E-state index is -4.43. The van der Waals surface area contributed by atoms with E-state index in [-0.39, 0.29) is 13.0 Å². The van der Waals surface area contributed by atoms with Crippen LogP contribution < -0.4 is 5.73 Å². The van der Waals surface area contributed by atoms with Crippen LogP contribution in [0, 0.1) is 5.92 Å². The summed E-state index contributed by atoms with van der Waals surface area (Å²) in [6.07, 6.45) is -2.02. The molecule has 3 nitrogen and oxygen atoms in total. The summed E-state index contributed by atoms with van der Waals surface area (Å²) in [5.74, 6) is -0.0793. The van der Waals surface area contributed by atoms with Gasteiger partial charge < -0.3 is 10.6 Å². The molecule has 0 bridgehead atoms. The number of likely N-dealkylation sites (tertiary alicyclic amines) is 1. The van der Waals surface area contributed by atoms with Gasteiger partial charge in [-0.2, -0.15) is 13.2 Å². The molecule has 2 N–H and O–H groups in total. The first-order valence-corrected chi connectivity index (χ1v) is 5.96. The number of amides is 1. The Balaban J connectivity index is 2.77. The molecule has 0 aromatic carbocycles. The van der Waals surface area contributed by atoms with E-state index in [1.165, 1.54) is 0 Å². The lowest BCUT2D eigenvalue weighted by molar-refractivity contribution is -0.187. The molecule has 0 aromatic rings. The van der Waals surface area contributed by atoms with E-state index in [9.17, 15) is 18.0 Å². The lowest BCUT2D eigenvalue weighted by Crippen LogP contribution is -2.52. The van der Waals surface area contributed by atoms with Gasteiger partial charge in [-0.15, -0.1) is 0 Å². The van der Waals surface area contributed by atoms with Crippen LogP contribution in [0.2, 0.25) is 0 Å². The Labute approximate surface area is 99.1 Å². The van der Waals surface area contributed by atoms with Crippen LogP contribution >= 0.6 is 0 Å². The van der Waals surface area contributed by atoms with Gasteiger partial charge in [0, 0.05) is 19.5 Å². The normalized spacial score (nSPS) is 24.6. The molecule has 1 saturated heterocycles. The molecule has 1 fully saturated rings. The topological polar surface area (TPSA) is 46.3 Å². The molecule has 0 aliphatic carbocycles. The molecule has 1 amide bonds. The molecular weight excluding hydrogens is 233 g/mol. The maximum Gasteiger partial charge on any atom is 0.410 e. The van der Waals surface area contributed by atoms with E-state index in [1.54, 1.807) is 0 Å². The van der Waals surface area contributed by atoms with Crippen LogP contribution in [-0.2, 0) is 4.79 Å². The van der Waals surface area contributed by atoms with Crippen molar-refractivity contribution in [3.05, 3.63) is 0 Å². The minimum absolute atomic E-state index is 0.165. The van der Waals surface area contributed by atoms with Crippen molar-refractivity contribution < 1.29 is 18.0 Å². The second-order valence-electron chi connectivity index (χ2n) is 4.48. The molecular formula is C11H19F3N2O. The van der Waals surface area contributed by atoms with Crippen LogP contribution in [0.4, 0.5) is 13.2 Å². The number of hydrogen-bond donors (Lipinski definition) is 1. The maximum absolute atomic E-state index is 12.7. The third kappa shape index (κ3) is 3.59. The number of rotatable bonds is 3. The summed E-state index contributed by atoms with van der Waals surface area (Å²) in [4.78, 5) is 12.6. The van der Waals surface area contributed by atoms with Gasteiger partial charge in [0.2, 0.25) is 5.91 Å². The number of carbonyl (C=O) groups excluding carboxylic acids is 1. The van der Waals surface area contributed by atoms with E-state index in [0.29, 0.717) is 18.8 Å². The van der Waals surface area contributed by atoms with Gasteiger partial charge >= 0.3 is 6.18 Å². The van der Waals surface area contributed by atoms with E-state index < -0.39 is 24.7 Å². The highest BCUT2D eigenvalue weighted by Crippen LogP contribution is 2.28. The number of alkyl halides is 3. The number of nitrogens with two attached hydrogens (primary N) is 1. The van der Waals surface area contributed by atoms with Gasteiger partial charge in [0.1, 0.15) is 6.04 Å². The first-order valence-electron chi connectivity index (χ1n) is 5.96. The average Bonchev–Trinajstić information content (AvgIpc) is 2.41.